The quantitative estimate of drug-likeness (QED) is 0.212. The molecule has 1 N–H and O–H groups in total. The predicted molar refractivity (Wildman–Crippen MR) is 131 cm³/mol. The number of nitrogens with one attached hydrogen (secondary N) is 1. The van der Waals surface area contributed by atoms with Crippen LogP contribution in [0.5, 0.6) is 0 Å². The van der Waals surface area contributed by atoms with Crippen LogP contribution in [0.4, 0.5) is 11.5 Å². The second-order valence-corrected chi connectivity index (χ2v) is 8.25. The summed E-state index contributed by atoms with van der Waals surface area (Å²) in [7, 11) is 0. The number of unbranched alkanes of at least 4 members (excludes halogenated alkanes) is 1. The summed E-state index contributed by atoms with van der Waals surface area (Å²) >= 11 is 12.1. The van der Waals surface area contributed by atoms with Crippen molar-refractivity contribution in [3.8, 4) is 0 Å². The van der Waals surface area contributed by atoms with Gasteiger partial charge in [0.2, 0.25) is 0 Å². The highest BCUT2D eigenvalue weighted by atomic mass is 35.5. The van der Waals surface area contributed by atoms with Crippen molar-refractivity contribution in [2.75, 3.05) is 5.43 Å². The molecule has 4 nitrogen and oxygen atoms in total. The molecule has 3 aromatic carbocycles. The lowest BCUT2D eigenvalue weighted by Gasteiger charge is -2.09. The van der Waals surface area contributed by atoms with E-state index in [1.54, 1.807) is 12.1 Å². The van der Waals surface area contributed by atoms with E-state index in [-0.39, 0.29) is 0 Å². The minimum absolute atomic E-state index is 0.476. The number of rotatable bonds is 8. The maximum Gasteiger partial charge on any atom is 0.161 e. The van der Waals surface area contributed by atoms with Gasteiger partial charge in [0.05, 0.1) is 21.2 Å². The van der Waals surface area contributed by atoms with Crippen LogP contribution in [0.15, 0.2) is 83.1 Å². The number of hydrogen-bond acceptors (Lipinski definition) is 2. The number of anilines is 1. The van der Waals surface area contributed by atoms with Crippen molar-refractivity contribution in [3.63, 3.8) is 0 Å². The fraction of sp³-hybridized carbons (Fsp3) is 0.200. The van der Waals surface area contributed by atoms with Gasteiger partial charge in [0, 0.05) is 17.5 Å². The van der Waals surface area contributed by atoms with Crippen molar-refractivity contribution in [1.29, 1.82) is 0 Å². The van der Waals surface area contributed by atoms with Crippen LogP contribution in [0.3, 0.4) is 0 Å². The van der Waals surface area contributed by atoms with Crippen LogP contribution in [0.2, 0.25) is 10.0 Å². The Labute approximate surface area is 192 Å². The molecule has 0 saturated heterocycles. The molecule has 6 heteroatoms. The third-order valence-electron chi connectivity index (χ3n) is 5.25. The average molecular weight is 451 g/mol. The van der Waals surface area contributed by atoms with Crippen LogP contribution in [0.1, 0.15) is 30.9 Å². The molecule has 0 radical (unpaired) electrons. The van der Waals surface area contributed by atoms with Crippen molar-refractivity contribution in [3.05, 3.63) is 94.0 Å². The highest BCUT2D eigenvalue weighted by Crippen LogP contribution is 2.35. The lowest BCUT2D eigenvalue weighted by atomic mass is 10.1. The van der Waals surface area contributed by atoms with E-state index in [1.807, 2.05) is 12.1 Å². The zero-order valence-corrected chi connectivity index (χ0v) is 18.9. The van der Waals surface area contributed by atoms with Gasteiger partial charge in [0.15, 0.2) is 5.82 Å². The van der Waals surface area contributed by atoms with Crippen LogP contribution in [-0.2, 0) is 13.0 Å². The molecule has 4 rings (SSSR count). The predicted octanol–water partition coefficient (Wildman–Crippen LogP) is 8.45. The van der Waals surface area contributed by atoms with Gasteiger partial charge < -0.3 is 4.57 Å². The summed E-state index contributed by atoms with van der Waals surface area (Å²) < 4.78 is 2.25. The van der Waals surface area contributed by atoms with Gasteiger partial charge in [-0.3, -0.25) is 5.43 Å². The van der Waals surface area contributed by atoms with Gasteiger partial charge >= 0.3 is 0 Å². The van der Waals surface area contributed by atoms with Gasteiger partial charge in [-0.05, 0) is 42.7 Å². The number of nitrogens with zero attached hydrogens (tertiary/aromatic N) is 3. The molecular weight excluding hydrogens is 427 g/mol. The standard InChI is InChI=1S/C25H24Cl2N4/c1-2-3-11-21-20-12-7-8-13-24(20)31(17-18-9-5-4-6-10-18)25(21)29-30-28-19-14-15-22(26)23(27)16-19/h4-10,12-16H,2-3,11,17H2,1H3,(H,28,29). The van der Waals surface area contributed by atoms with E-state index in [2.05, 4.69) is 75.8 Å². The fourth-order valence-electron chi connectivity index (χ4n) is 3.70. The van der Waals surface area contributed by atoms with E-state index in [9.17, 15) is 0 Å². The number of fused-ring (bicyclic) bond motifs is 1. The highest BCUT2D eigenvalue weighted by molar-refractivity contribution is 6.42. The summed E-state index contributed by atoms with van der Waals surface area (Å²) in [5.74, 6) is 0.881. The van der Waals surface area contributed by atoms with Gasteiger partial charge in [-0.2, -0.15) is 0 Å². The maximum absolute atomic E-state index is 6.11. The Kier molecular flexibility index (Phi) is 6.90. The zero-order chi connectivity index (χ0) is 21.6. The second-order valence-electron chi connectivity index (χ2n) is 7.44. The summed E-state index contributed by atoms with van der Waals surface area (Å²) in [5, 5.41) is 11.2. The van der Waals surface area contributed by atoms with Crippen LogP contribution >= 0.6 is 23.2 Å². The van der Waals surface area contributed by atoms with E-state index in [1.165, 1.54) is 22.0 Å². The van der Waals surface area contributed by atoms with Crippen LogP contribution in [0.25, 0.3) is 10.9 Å². The molecule has 1 heterocycles. The van der Waals surface area contributed by atoms with Crippen LogP contribution < -0.4 is 5.43 Å². The Morgan fingerprint density at radius 3 is 2.45 bits per heavy atom. The molecule has 0 bridgehead atoms. The van der Waals surface area contributed by atoms with E-state index < -0.39 is 0 Å². The molecule has 0 aliphatic rings. The van der Waals surface area contributed by atoms with Crippen LogP contribution in [0, 0.1) is 0 Å². The number of aryl methyl sites for hydroxylation is 1. The Hall–Kier alpha value is -2.82. The van der Waals surface area contributed by atoms with Gasteiger partial charge in [-0.25, -0.2) is 0 Å². The zero-order valence-electron chi connectivity index (χ0n) is 17.4. The number of para-hydroxylation sites is 1. The molecule has 4 aromatic rings. The molecule has 0 atom stereocenters. The van der Waals surface area contributed by atoms with E-state index >= 15 is 0 Å². The molecule has 0 amide bonds. The minimum Gasteiger partial charge on any atom is -0.320 e. The molecule has 0 saturated carbocycles. The smallest absolute Gasteiger partial charge is 0.161 e. The summed E-state index contributed by atoms with van der Waals surface area (Å²) in [6.07, 6.45) is 3.18. The van der Waals surface area contributed by atoms with Crippen molar-refractivity contribution in [2.24, 2.45) is 10.3 Å². The second kappa shape index (κ2) is 9.99. The van der Waals surface area contributed by atoms with E-state index in [4.69, 9.17) is 23.2 Å². The van der Waals surface area contributed by atoms with Crippen molar-refractivity contribution < 1.29 is 0 Å². The van der Waals surface area contributed by atoms with Gasteiger partial charge in [-0.15, -0.1) is 5.11 Å². The van der Waals surface area contributed by atoms with Crippen molar-refractivity contribution in [2.45, 2.75) is 32.7 Å². The minimum atomic E-state index is 0.476. The molecule has 0 fully saturated rings. The summed E-state index contributed by atoms with van der Waals surface area (Å²) in [6, 6.07) is 24.2. The van der Waals surface area contributed by atoms with Gasteiger partial charge in [0.1, 0.15) is 0 Å². The van der Waals surface area contributed by atoms with Crippen LogP contribution in [-0.4, -0.2) is 4.57 Å². The Morgan fingerprint density at radius 1 is 0.903 bits per heavy atom. The van der Waals surface area contributed by atoms with Crippen molar-refractivity contribution in [1.82, 2.24) is 4.57 Å². The fourth-order valence-corrected chi connectivity index (χ4v) is 4.00. The Morgan fingerprint density at radius 2 is 1.68 bits per heavy atom. The first-order chi connectivity index (χ1) is 15.2. The lowest BCUT2D eigenvalue weighted by Crippen LogP contribution is -1.99. The van der Waals surface area contributed by atoms with Gasteiger partial charge in [0.25, 0.3) is 0 Å². The monoisotopic (exact) mass is 450 g/mol. The molecule has 31 heavy (non-hydrogen) atoms. The maximum atomic E-state index is 6.11. The third-order valence-corrected chi connectivity index (χ3v) is 5.99. The number of benzene rings is 3. The molecule has 0 spiro atoms. The average Bonchev–Trinajstić information content (AvgIpc) is 3.08. The summed E-state index contributed by atoms with van der Waals surface area (Å²) in [6.45, 7) is 2.94. The normalized spacial score (nSPS) is 11.5. The SMILES string of the molecule is CCCCc1c(/N=N/Nc2ccc(Cl)c(Cl)c2)n(Cc2ccccc2)c2ccccc12. The van der Waals surface area contributed by atoms with Crippen molar-refractivity contribution >= 4 is 45.6 Å². The van der Waals surface area contributed by atoms with E-state index in [0.717, 1.165) is 37.3 Å². The molecule has 1 aromatic heterocycles. The third kappa shape index (κ3) is 4.92. The largest absolute Gasteiger partial charge is 0.320 e. The highest BCUT2D eigenvalue weighted by Gasteiger charge is 2.17. The molecule has 0 aliphatic heterocycles. The molecular formula is C25H24Cl2N4. The Bertz CT molecular complexity index is 1200. The number of halogens is 2. The molecule has 0 unspecified atom stereocenters. The Balaban J connectivity index is 1.74. The topological polar surface area (TPSA) is 41.7 Å². The lowest BCUT2D eigenvalue weighted by molar-refractivity contribution is 0.780. The number of aromatic nitrogens is 1. The summed E-state index contributed by atoms with van der Waals surface area (Å²) in [4.78, 5) is 0. The number of hydrogen-bond donors (Lipinski definition) is 1. The first-order valence-electron chi connectivity index (χ1n) is 10.4. The molecule has 158 valence electrons. The molecule has 0 aliphatic carbocycles. The van der Waals surface area contributed by atoms with Gasteiger partial charge in [-0.1, -0.05) is 90.3 Å². The summed E-state index contributed by atoms with van der Waals surface area (Å²) in [5.41, 5.74) is 7.34. The van der Waals surface area contributed by atoms with E-state index in [0.29, 0.717) is 10.0 Å². The first kappa shape index (κ1) is 21.4. The first-order valence-corrected chi connectivity index (χ1v) is 11.2.